The molecule has 0 atom stereocenters. The minimum absolute atomic E-state index is 0. The molecule has 0 radical (unpaired) electrons. The zero-order valence-electron chi connectivity index (χ0n) is 16.8. The summed E-state index contributed by atoms with van der Waals surface area (Å²) in [6.07, 6.45) is 1.01. The molecule has 9 nitrogen and oxygen atoms in total. The molecule has 0 aliphatic rings. The number of amides is 1. The number of nitrogens with one attached hydrogen (secondary N) is 1. The molecule has 0 fully saturated rings. The molecular formula is C19H12Cl2LiN3O6. The molecule has 0 saturated carbocycles. The number of carbonyl (C=O) groups excluding carboxylic acids is 1. The Morgan fingerprint density at radius 2 is 1.84 bits per heavy atom. The molecule has 0 aliphatic carbocycles. The van der Waals surface area contributed by atoms with Crippen LogP contribution >= 0.6 is 23.2 Å². The Hall–Kier alpha value is -3.09. The number of nitrogens with zero attached hydrogens (tertiary/aromatic N) is 2. The maximum atomic E-state index is 12.5. The van der Waals surface area contributed by atoms with Crippen LogP contribution in [0, 0.1) is 10.1 Å². The number of hydrogen-bond donors (Lipinski definition) is 2. The summed E-state index contributed by atoms with van der Waals surface area (Å²) in [5.41, 5.74) is -0.323. The van der Waals surface area contributed by atoms with Gasteiger partial charge in [-0.2, -0.15) is 0 Å². The number of aromatic nitrogens is 1. The second-order valence-corrected chi connectivity index (χ2v) is 6.65. The van der Waals surface area contributed by atoms with Crippen molar-refractivity contribution in [3.8, 4) is 11.6 Å². The van der Waals surface area contributed by atoms with Gasteiger partial charge >= 0.3 is 24.8 Å². The van der Waals surface area contributed by atoms with Crippen molar-refractivity contribution >= 4 is 46.5 Å². The summed E-state index contributed by atoms with van der Waals surface area (Å²) < 4.78 is 5.44. The van der Waals surface area contributed by atoms with Crippen LogP contribution in [-0.2, 0) is 0 Å². The number of anilines is 1. The Kier molecular flexibility index (Phi) is 8.02. The number of pyridine rings is 1. The van der Waals surface area contributed by atoms with Crippen LogP contribution < -0.4 is 28.9 Å². The monoisotopic (exact) mass is 455 g/mol. The van der Waals surface area contributed by atoms with E-state index in [2.05, 4.69) is 10.3 Å². The van der Waals surface area contributed by atoms with Gasteiger partial charge in [-0.15, -0.1) is 0 Å². The molecule has 0 spiro atoms. The maximum Gasteiger partial charge on any atom is 1.00 e. The first kappa shape index (κ1) is 24.2. The molecular weight excluding hydrogens is 444 g/mol. The number of benzene rings is 2. The van der Waals surface area contributed by atoms with Gasteiger partial charge in [0.25, 0.3) is 11.6 Å². The van der Waals surface area contributed by atoms with E-state index in [1.807, 2.05) is 0 Å². The van der Waals surface area contributed by atoms with E-state index in [1.165, 1.54) is 48.5 Å². The molecule has 1 heterocycles. The van der Waals surface area contributed by atoms with Crippen LogP contribution in [0.15, 0.2) is 54.7 Å². The predicted molar refractivity (Wildman–Crippen MR) is 110 cm³/mol. The molecule has 3 rings (SSSR count). The molecule has 3 aromatic rings. The van der Waals surface area contributed by atoms with Gasteiger partial charge in [0.1, 0.15) is 11.9 Å². The van der Waals surface area contributed by atoms with Crippen LogP contribution in [0.4, 0.5) is 11.4 Å². The molecule has 0 unspecified atom stereocenters. The third-order valence-corrected chi connectivity index (χ3v) is 4.35. The molecule has 2 N–H and O–H groups in total. The van der Waals surface area contributed by atoms with Gasteiger partial charge in [0.2, 0.25) is 5.88 Å². The van der Waals surface area contributed by atoms with Crippen molar-refractivity contribution in [3.63, 3.8) is 0 Å². The first-order valence-electron chi connectivity index (χ1n) is 8.16. The van der Waals surface area contributed by atoms with Crippen molar-refractivity contribution in [2.75, 3.05) is 5.32 Å². The smallest absolute Gasteiger partial charge is 1.00 e. The summed E-state index contributed by atoms with van der Waals surface area (Å²) in [5.74, 6) is -1.79. The average molecular weight is 456 g/mol. The summed E-state index contributed by atoms with van der Waals surface area (Å²) in [6.45, 7) is 0. The molecule has 1 amide bonds. The maximum absolute atomic E-state index is 12.5. The number of aromatic carboxylic acids is 1. The normalized spacial score (nSPS) is 10.0. The van der Waals surface area contributed by atoms with Crippen LogP contribution in [0.3, 0.4) is 0 Å². The first-order valence-corrected chi connectivity index (χ1v) is 8.92. The van der Waals surface area contributed by atoms with Crippen LogP contribution in [0.5, 0.6) is 11.6 Å². The molecule has 0 bridgehead atoms. The standard InChI is InChI=1S/C19H11Cl2N3O6.Li.H/c20-10-1-4-13(15(21)7-10)18(25)23-16-5-3-12(8-14(16)19(26)27)30-17-6-2-11(9-22-17)24(28)29;;/h1-9H,(H,23,25)(H,26,27);;/q;+1;-1. The Morgan fingerprint density at radius 1 is 1.10 bits per heavy atom. The van der Waals surface area contributed by atoms with Crippen LogP contribution in [0.25, 0.3) is 0 Å². The Morgan fingerprint density at radius 3 is 2.42 bits per heavy atom. The molecule has 2 aromatic carbocycles. The minimum Gasteiger partial charge on any atom is -1.00 e. The average Bonchev–Trinajstić information content (AvgIpc) is 2.69. The summed E-state index contributed by atoms with van der Waals surface area (Å²) in [7, 11) is 0. The number of carbonyl (C=O) groups is 2. The Balaban J connectivity index is 0.00000256. The number of carboxylic acids is 1. The van der Waals surface area contributed by atoms with Gasteiger partial charge in [0.05, 0.1) is 26.8 Å². The zero-order chi connectivity index (χ0) is 21.8. The van der Waals surface area contributed by atoms with Crippen molar-refractivity contribution in [2.45, 2.75) is 0 Å². The molecule has 1 aromatic heterocycles. The fourth-order valence-electron chi connectivity index (χ4n) is 2.40. The van der Waals surface area contributed by atoms with Crippen molar-refractivity contribution in [3.05, 3.63) is 86.0 Å². The number of ether oxygens (including phenoxy) is 1. The molecule has 0 aliphatic heterocycles. The van der Waals surface area contributed by atoms with E-state index < -0.39 is 16.8 Å². The largest absolute Gasteiger partial charge is 1.00 e. The number of halogens is 2. The van der Waals surface area contributed by atoms with Crippen LogP contribution in [-0.4, -0.2) is 26.9 Å². The van der Waals surface area contributed by atoms with Crippen LogP contribution in [0.1, 0.15) is 22.1 Å². The van der Waals surface area contributed by atoms with Crippen molar-refractivity contribution in [2.24, 2.45) is 0 Å². The van der Waals surface area contributed by atoms with E-state index in [-0.39, 0.29) is 59.4 Å². The third-order valence-electron chi connectivity index (χ3n) is 3.80. The zero-order valence-corrected chi connectivity index (χ0v) is 17.3. The van der Waals surface area contributed by atoms with Crippen molar-refractivity contribution in [1.29, 1.82) is 0 Å². The van der Waals surface area contributed by atoms with Gasteiger partial charge in [-0.25, -0.2) is 9.78 Å². The first-order chi connectivity index (χ1) is 14.2. The summed E-state index contributed by atoms with van der Waals surface area (Å²) >= 11 is 11.8. The second-order valence-electron chi connectivity index (χ2n) is 5.80. The van der Waals surface area contributed by atoms with E-state index in [4.69, 9.17) is 27.9 Å². The van der Waals surface area contributed by atoms with E-state index in [1.54, 1.807) is 0 Å². The molecule has 31 heavy (non-hydrogen) atoms. The molecule has 12 heteroatoms. The van der Waals surface area contributed by atoms with E-state index in [0.717, 1.165) is 6.20 Å². The SMILES string of the molecule is O=C(Nc1ccc(Oc2ccc([N+](=O)[O-])cn2)cc1C(=O)O)c1ccc(Cl)cc1Cl.[H-].[Li+]. The number of nitro groups is 1. The number of hydrogen-bond acceptors (Lipinski definition) is 6. The fraction of sp³-hybridized carbons (Fsp3) is 0. The van der Waals surface area contributed by atoms with E-state index >= 15 is 0 Å². The van der Waals surface area contributed by atoms with Crippen LogP contribution in [0.2, 0.25) is 10.0 Å². The minimum atomic E-state index is -1.31. The Bertz CT molecular complexity index is 1160. The topological polar surface area (TPSA) is 132 Å². The number of rotatable bonds is 6. The van der Waals surface area contributed by atoms with Gasteiger partial charge in [0, 0.05) is 17.2 Å². The van der Waals surface area contributed by atoms with Crippen molar-refractivity contribution in [1.82, 2.24) is 4.98 Å². The molecule has 0 saturated heterocycles. The number of carboxylic acid groups (broad SMARTS) is 1. The fourth-order valence-corrected chi connectivity index (χ4v) is 2.89. The van der Waals surface area contributed by atoms with Gasteiger partial charge in [-0.3, -0.25) is 14.9 Å². The summed E-state index contributed by atoms with van der Waals surface area (Å²) in [5, 5.41) is 23.1. The van der Waals surface area contributed by atoms with Gasteiger partial charge in [-0.05, 0) is 36.4 Å². The van der Waals surface area contributed by atoms with Gasteiger partial charge < -0.3 is 16.6 Å². The van der Waals surface area contributed by atoms with E-state index in [0.29, 0.717) is 5.02 Å². The van der Waals surface area contributed by atoms with Crippen molar-refractivity contribution < 1.29 is 44.6 Å². The Labute approximate surface area is 198 Å². The van der Waals surface area contributed by atoms with Gasteiger partial charge in [-0.1, -0.05) is 23.2 Å². The molecule has 154 valence electrons. The summed E-state index contributed by atoms with van der Waals surface area (Å²) in [6, 6.07) is 10.7. The quantitative estimate of drug-likeness (QED) is 0.330. The second kappa shape index (κ2) is 10.3. The third kappa shape index (κ3) is 5.96. The van der Waals surface area contributed by atoms with E-state index in [9.17, 15) is 24.8 Å². The van der Waals surface area contributed by atoms with Gasteiger partial charge in [0.15, 0.2) is 0 Å². The summed E-state index contributed by atoms with van der Waals surface area (Å²) in [4.78, 5) is 37.9. The predicted octanol–water partition coefficient (Wildman–Crippen LogP) is 2.16.